The van der Waals surface area contributed by atoms with Crippen molar-refractivity contribution in [2.24, 2.45) is 5.92 Å². The fourth-order valence-electron chi connectivity index (χ4n) is 3.12. The molecule has 0 heterocycles. The first kappa shape index (κ1) is 15.7. The van der Waals surface area contributed by atoms with Crippen LogP contribution in [0.3, 0.4) is 0 Å². The maximum Gasteiger partial charge on any atom is 0.119 e. The first-order chi connectivity index (χ1) is 9.74. The van der Waals surface area contributed by atoms with Gasteiger partial charge in [0.25, 0.3) is 0 Å². The molecule has 112 valence electrons. The Hall–Kier alpha value is -0.730. The minimum atomic E-state index is 0.159. The van der Waals surface area contributed by atoms with Crippen molar-refractivity contribution in [2.75, 3.05) is 19.0 Å². The van der Waals surface area contributed by atoms with Gasteiger partial charge in [0.2, 0.25) is 0 Å². The fraction of sp³-hybridized carbons (Fsp3) is 0.647. The summed E-state index contributed by atoms with van der Waals surface area (Å²) in [5, 5.41) is 3.69. The van der Waals surface area contributed by atoms with Crippen molar-refractivity contribution in [3.63, 3.8) is 0 Å². The zero-order valence-electron chi connectivity index (χ0n) is 12.4. The molecule has 0 spiro atoms. The number of benzene rings is 1. The van der Waals surface area contributed by atoms with Crippen LogP contribution in [0.1, 0.15) is 39.0 Å². The lowest BCUT2D eigenvalue weighted by atomic mass is 9.77. The zero-order chi connectivity index (χ0) is 14.3. The van der Waals surface area contributed by atoms with E-state index in [-0.39, 0.29) is 5.54 Å². The predicted octanol–water partition coefficient (Wildman–Crippen LogP) is 4.23. The third-order valence-corrected chi connectivity index (χ3v) is 4.69. The van der Waals surface area contributed by atoms with Crippen LogP contribution < -0.4 is 10.1 Å². The van der Waals surface area contributed by atoms with Crippen molar-refractivity contribution in [1.29, 1.82) is 0 Å². The van der Waals surface area contributed by atoms with Gasteiger partial charge in [-0.3, -0.25) is 0 Å². The molecule has 0 aliphatic heterocycles. The monoisotopic (exact) mass is 295 g/mol. The highest BCUT2D eigenvalue weighted by Crippen LogP contribution is 2.33. The van der Waals surface area contributed by atoms with E-state index in [0.717, 1.165) is 37.1 Å². The van der Waals surface area contributed by atoms with Gasteiger partial charge in [-0.1, -0.05) is 38.0 Å². The summed E-state index contributed by atoms with van der Waals surface area (Å²) >= 11 is 6.22. The van der Waals surface area contributed by atoms with Gasteiger partial charge in [-0.05, 0) is 43.9 Å². The number of nitrogens with one attached hydrogen (secondary N) is 1. The minimum absolute atomic E-state index is 0.159. The fourth-order valence-corrected chi connectivity index (χ4v) is 3.46. The summed E-state index contributed by atoms with van der Waals surface area (Å²) < 4.78 is 5.71. The van der Waals surface area contributed by atoms with Crippen LogP contribution in [0.15, 0.2) is 30.3 Å². The van der Waals surface area contributed by atoms with E-state index in [4.69, 9.17) is 16.3 Å². The molecule has 1 aliphatic carbocycles. The van der Waals surface area contributed by atoms with Gasteiger partial charge in [-0.2, -0.15) is 0 Å². The average molecular weight is 296 g/mol. The Morgan fingerprint density at radius 1 is 1.35 bits per heavy atom. The van der Waals surface area contributed by atoms with E-state index in [1.165, 1.54) is 25.7 Å². The summed E-state index contributed by atoms with van der Waals surface area (Å²) in [4.78, 5) is 0. The first-order valence-corrected chi connectivity index (χ1v) is 8.26. The van der Waals surface area contributed by atoms with Crippen LogP contribution in [0.4, 0.5) is 0 Å². The number of para-hydroxylation sites is 1. The standard InChI is InChI=1S/C17H26ClNO/c1-15-7-5-10-17(13-15,14-18)19-11-6-12-20-16-8-3-2-4-9-16/h2-4,8-9,15,19H,5-7,10-14H2,1H3. The van der Waals surface area contributed by atoms with E-state index in [9.17, 15) is 0 Å². The van der Waals surface area contributed by atoms with Crippen LogP contribution in [-0.4, -0.2) is 24.6 Å². The number of ether oxygens (including phenoxy) is 1. The molecule has 1 aliphatic rings. The van der Waals surface area contributed by atoms with Gasteiger partial charge in [-0.25, -0.2) is 0 Å². The molecule has 0 radical (unpaired) electrons. The van der Waals surface area contributed by atoms with E-state index in [1.54, 1.807) is 0 Å². The molecule has 2 rings (SSSR count). The van der Waals surface area contributed by atoms with Gasteiger partial charge in [0.1, 0.15) is 5.75 Å². The van der Waals surface area contributed by atoms with Crippen LogP contribution in [0.5, 0.6) is 5.75 Å². The Labute approximate surface area is 127 Å². The predicted molar refractivity (Wildman–Crippen MR) is 85.6 cm³/mol. The topological polar surface area (TPSA) is 21.3 Å². The van der Waals surface area contributed by atoms with E-state index in [1.807, 2.05) is 30.3 Å². The highest BCUT2D eigenvalue weighted by atomic mass is 35.5. The van der Waals surface area contributed by atoms with Gasteiger partial charge < -0.3 is 10.1 Å². The van der Waals surface area contributed by atoms with Crippen LogP contribution in [0, 0.1) is 5.92 Å². The molecule has 20 heavy (non-hydrogen) atoms. The van der Waals surface area contributed by atoms with Gasteiger partial charge in [-0.15, -0.1) is 11.6 Å². The highest BCUT2D eigenvalue weighted by molar-refractivity contribution is 6.18. The van der Waals surface area contributed by atoms with Crippen molar-refractivity contribution in [3.8, 4) is 5.75 Å². The summed E-state index contributed by atoms with van der Waals surface area (Å²) in [5.41, 5.74) is 0.159. The maximum atomic E-state index is 6.22. The number of hydrogen-bond acceptors (Lipinski definition) is 2. The Morgan fingerprint density at radius 2 is 2.15 bits per heavy atom. The molecule has 0 bridgehead atoms. The molecule has 2 atom stereocenters. The second-order valence-electron chi connectivity index (χ2n) is 6.06. The normalized spacial score (nSPS) is 26.4. The SMILES string of the molecule is CC1CCCC(CCl)(NCCCOc2ccccc2)C1. The molecular weight excluding hydrogens is 270 g/mol. The number of halogens is 1. The quantitative estimate of drug-likeness (QED) is 0.600. The van der Waals surface area contributed by atoms with Crippen molar-refractivity contribution in [3.05, 3.63) is 30.3 Å². The largest absolute Gasteiger partial charge is 0.494 e. The summed E-state index contributed by atoms with van der Waals surface area (Å²) in [5.74, 6) is 2.46. The Bertz CT molecular complexity index is 384. The van der Waals surface area contributed by atoms with Crippen LogP contribution in [0.25, 0.3) is 0 Å². The Balaban J connectivity index is 1.66. The van der Waals surface area contributed by atoms with Crippen molar-refractivity contribution in [2.45, 2.75) is 44.6 Å². The highest BCUT2D eigenvalue weighted by Gasteiger charge is 2.33. The second kappa shape index (κ2) is 7.90. The van der Waals surface area contributed by atoms with Crippen molar-refractivity contribution in [1.82, 2.24) is 5.32 Å². The molecule has 0 aromatic heterocycles. The third-order valence-electron chi connectivity index (χ3n) is 4.18. The first-order valence-electron chi connectivity index (χ1n) is 7.73. The maximum absolute atomic E-state index is 6.22. The summed E-state index contributed by atoms with van der Waals surface area (Å²) in [6.45, 7) is 4.07. The smallest absolute Gasteiger partial charge is 0.119 e. The van der Waals surface area contributed by atoms with E-state index in [0.29, 0.717) is 0 Å². The number of hydrogen-bond donors (Lipinski definition) is 1. The lowest BCUT2D eigenvalue weighted by molar-refractivity contribution is 0.203. The Morgan fingerprint density at radius 3 is 2.85 bits per heavy atom. The number of rotatable bonds is 7. The molecule has 2 nitrogen and oxygen atoms in total. The molecule has 2 unspecified atom stereocenters. The molecule has 0 saturated heterocycles. The Kier molecular flexibility index (Phi) is 6.18. The average Bonchev–Trinajstić information content (AvgIpc) is 2.48. The molecule has 1 aromatic carbocycles. The molecule has 1 fully saturated rings. The molecule has 0 amide bonds. The second-order valence-corrected chi connectivity index (χ2v) is 6.32. The van der Waals surface area contributed by atoms with Crippen LogP contribution >= 0.6 is 11.6 Å². The van der Waals surface area contributed by atoms with Crippen molar-refractivity contribution < 1.29 is 4.74 Å². The molecule has 1 N–H and O–H groups in total. The van der Waals surface area contributed by atoms with E-state index in [2.05, 4.69) is 12.2 Å². The molecule has 3 heteroatoms. The van der Waals surface area contributed by atoms with Gasteiger partial charge >= 0.3 is 0 Å². The number of alkyl halides is 1. The lowest BCUT2D eigenvalue weighted by Crippen LogP contribution is -2.50. The van der Waals surface area contributed by atoms with E-state index < -0.39 is 0 Å². The third kappa shape index (κ3) is 4.68. The lowest BCUT2D eigenvalue weighted by Gasteiger charge is -2.39. The van der Waals surface area contributed by atoms with Gasteiger partial charge in [0.05, 0.1) is 6.61 Å². The van der Waals surface area contributed by atoms with Crippen LogP contribution in [-0.2, 0) is 0 Å². The molecular formula is C17H26ClNO. The van der Waals surface area contributed by atoms with Crippen LogP contribution in [0.2, 0.25) is 0 Å². The van der Waals surface area contributed by atoms with Gasteiger partial charge in [0, 0.05) is 11.4 Å². The molecule has 1 saturated carbocycles. The molecule has 1 aromatic rings. The summed E-state index contributed by atoms with van der Waals surface area (Å²) in [7, 11) is 0. The van der Waals surface area contributed by atoms with Gasteiger partial charge in [0.15, 0.2) is 0 Å². The summed E-state index contributed by atoms with van der Waals surface area (Å²) in [6, 6.07) is 9.99. The zero-order valence-corrected chi connectivity index (χ0v) is 13.2. The summed E-state index contributed by atoms with van der Waals surface area (Å²) in [6.07, 6.45) is 6.07. The van der Waals surface area contributed by atoms with Crippen molar-refractivity contribution >= 4 is 11.6 Å². The minimum Gasteiger partial charge on any atom is -0.494 e. The van der Waals surface area contributed by atoms with E-state index >= 15 is 0 Å².